The van der Waals surface area contributed by atoms with Crippen LogP contribution in [0.15, 0.2) is 66.7 Å². The predicted octanol–water partition coefficient (Wildman–Crippen LogP) is 5.10. The fraction of sp³-hybridized carbons (Fsp3) is 0.0909. The van der Waals surface area contributed by atoms with E-state index in [2.05, 4.69) is 33.7 Å². The zero-order valence-electron chi connectivity index (χ0n) is 14.7. The van der Waals surface area contributed by atoms with E-state index in [1.165, 1.54) is 0 Å². The average molecular weight is 341 g/mol. The van der Waals surface area contributed by atoms with Crippen LogP contribution in [0.5, 0.6) is 0 Å². The summed E-state index contributed by atoms with van der Waals surface area (Å²) in [6.45, 7) is 3.97. The molecule has 0 aliphatic heterocycles. The Hall–Kier alpha value is -3.40. The lowest BCUT2D eigenvalue weighted by Crippen LogP contribution is -2.14. The first-order valence-electron chi connectivity index (χ1n) is 8.54. The van der Waals surface area contributed by atoms with Crippen LogP contribution in [0.2, 0.25) is 0 Å². The SMILES string of the molecule is Cc1cccc(C)c1NC(=O)c1cc(-c2cccc3ccccc23)n[nH]1. The van der Waals surface area contributed by atoms with Gasteiger partial charge in [0.1, 0.15) is 5.69 Å². The quantitative estimate of drug-likeness (QED) is 0.545. The summed E-state index contributed by atoms with van der Waals surface area (Å²) in [5, 5.41) is 12.5. The molecule has 0 fully saturated rings. The minimum atomic E-state index is -0.193. The predicted molar refractivity (Wildman–Crippen MR) is 105 cm³/mol. The number of benzene rings is 3. The Morgan fingerprint density at radius 3 is 2.42 bits per heavy atom. The maximum absolute atomic E-state index is 12.6. The van der Waals surface area contributed by atoms with Gasteiger partial charge in [-0.2, -0.15) is 5.10 Å². The van der Waals surface area contributed by atoms with Gasteiger partial charge in [0, 0.05) is 11.3 Å². The maximum atomic E-state index is 12.6. The van der Waals surface area contributed by atoms with Crippen molar-refractivity contribution >= 4 is 22.4 Å². The van der Waals surface area contributed by atoms with E-state index in [1.54, 1.807) is 6.07 Å². The number of nitrogens with one attached hydrogen (secondary N) is 2. The number of carbonyl (C=O) groups excluding carboxylic acids is 1. The van der Waals surface area contributed by atoms with Gasteiger partial charge in [0.2, 0.25) is 0 Å². The van der Waals surface area contributed by atoms with Crippen molar-refractivity contribution in [2.75, 3.05) is 5.32 Å². The van der Waals surface area contributed by atoms with Gasteiger partial charge in [-0.05, 0) is 41.8 Å². The Morgan fingerprint density at radius 2 is 1.62 bits per heavy atom. The number of carbonyl (C=O) groups is 1. The zero-order chi connectivity index (χ0) is 18.1. The van der Waals surface area contributed by atoms with Crippen LogP contribution in [-0.2, 0) is 0 Å². The van der Waals surface area contributed by atoms with E-state index in [1.807, 2.05) is 56.3 Å². The van der Waals surface area contributed by atoms with Crippen LogP contribution in [0.4, 0.5) is 5.69 Å². The molecule has 26 heavy (non-hydrogen) atoms. The van der Waals surface area contributed by atoms with Crippen molar-refractivity contribution in [3.05, 3.63) is 83.6 Å². The monoisotopic (exact) mass is 341 g/mol. The summed E-state index contributed by atoms with van der Waals surface area (Å²) < 4.78 is 0. The van der Waals surface area contributed by atoms with Crippen LogP contribution < -0.4 is 5.32 Å². The molecule has 128 valence electrons. The van der Waals surface area contributed by atoms with Crippen LogP contribution in [0.3, 0.4) is 0 Å². The van der Waals surface area contributed by atoms with Crippen LogP contribution in [-0.4, -0.2) is 16.1 Å². The highest BCUT2D eigenvalue weighted by molar-refractivity contribution is 6.05. The number of aryl methyl sites for hydroxylation is 2. The third-order valence-electron chi connectivity index (χ3n) is 4.61. The van der Waals surface area contributed by atoms with Crippen molar-refractivity contribution < 1.29 is 4.79 Å². The smallest absolute Gasteiger partial charge is 0.273 e. The Morgan fingerprint density at radius 1 is 0.923 bits per heavy atom. The van der Waals surface area contributed by atoms with Crippen LogP contribution in [0, 0.1) is 13.8 Å². The summed E-state index contributed by atoms with van der Waals surface area (Å²) in [6, 6.07) is 22.0. The topological polar surface area (TPSA) is 57.8 Å². The summed E-state index contributed by atoms with van der Waals surface area (Å²) in [6.07, 6.45) is 0. The van der Waals surface area contributed by atoms with Gasteiger partial charge in [-0.15, -0.1) is 0 Å². The molecule has 0 atom stereocenters. The average Bonchev–Trinajstić information content (AvgIpc) is 3.14. The van der Waals surface area contributed by atoms with E-state index in [0.717, 1.165) is 38.8 Å². The number of rotatable bonds is 3. The van der Waals surface area contributed by atoms with Crippen LogP contribution in [0.1, 0.15) is 21.6 Å². The van der Waals surface area contributed by atoms with E-state index in [4.69, 9.17) is 0 Å². The molecule has 1 amide bonds. The molecule has 4 aromatic rings. The third-order valence-corrected chi connectivity index (χ3v) is 4.61. The van der Waals surface area contributed by atoms with E-state index in [9.17, 15) is 4.79 Å². The largest absolute Gasteiger partial charge is 0.320 e. The summed E-state index contributed by atoms with van der Waals surface area (Å²) in [7, 11) is 0. The number of H-pyrrole nitrogens is 1. The lowest BCUT2D eigenvalue weighted by Gasteiger charge is -2.10. The molecule has 3 aromatic carbocycles. The number of aromatic nitrogens is 2. The molecule has 4 rings (SSSR count). The number of para-hydroxylation sites is 1. The highest BCUT2D eigenvalue weighted by atomic mass is 16.1. The van der Waals surface area contributed by atoms with Crippen molar-refractivity contribution in [2.24, 2.45) is 0 Å². The Kier molecular flexibility index (Phi) is 4.01. The second-order valence-corrected chi connectivity index (χ2v) is 6.41. The Labute approximate surface area is 151 Å². The second-order valence-electron chi connectivity index (χ2n) is 6.41. The Balaban J connectivity index is 1.67. The minimum Gasteiger partial charge on any atom is -0.320 e. The van der Waals surface area contributed by atoms with Crippen molar-refractivity contribution in [3.63, 3.8) is 0 Å². The molecule has 1 heterocycles. The Bertz CT molecular complexity index is 1090. The molecule has 0 radical (unpaired) electrons. The fourth-order valence-corrected chi connectivity index (χ4v) is 3.22. The van der Waals surface area contributed by atoms with Crippen molar-refractivity contribution in [1.29, 1.82) is 0 Å². The van der Waals surface area contributed by atoms with E-state index < -0.39 is 0 Å². The molecule has 0 bridgehead atoms. The van der Waals surface area contributed by atoms with Crippen molar-refractivity contribution in [2.45, 2.75) is 13.8 Å². The highest BCUT2D eigenvalue weighted by Gasteiger charge is 2.14. The number of anilines is 1. The van der Waals surface area contributed by atoms with Crippen molar-refractivity contribution in [1.82, 2.24) is 10.2 Å². The maximum Gasteiger partial charge on any atom is 0.273 e. The van der Waals surface area contributed by atoms with Gasteiger partial charge < -0.3 is 5.32 Å². The zero-order valence-corrected chi connectivity index (χ0v) is 14.7. The molecule has 2 N–H and O–H groups in total. The van der Waals surface area contributed by atoms with Gasteiger partial charge >= 0.3 is 0 Å². The molecule has 0 saturated carbocycles. The van der Waals surface area contributed by atoms with Gasteiger partial charge in [-0.25, -0.2) is 0 Å². The lowest BCUT2D eigenvalue weighted by molar-refractivity contribution is 0.102. The molecular weight excluding hydrogens is 322 g/mol. The van der Waals surface area contributed by atoms with Gasteiger partial charge in [-0.1, -0.05) is 60.7 Å². The lowest BCUT2D eigenvalue weighted by atomic mass is 10.0. The normalized spacial score (nSPS) is 10.8. The molecule has 4 nitrogen and oxygen atoms in total. The number of amides is 1. The summed E-state index contributed by atoms with van der Waals surface area (Å²) in [5.74, 6) is -0.193. The first-order valence-corrected chi connectivity index (χ1v) is 8.54. The molecule has 1 aromatic heterocycles. The summed E-state index contributed by atoms with van der Waals surface area (Å²) >= 11 is 0. The number of fused-ring (bicyclic) bond motifs is 1. The number of hydrogen-bond acceptors (Lipinski definition) is 2. The molecule has 0 unspecified atom stereocenters. The van der Waals surface area contributed by atoms with E-state index in [-0.39, 0.29) is 5.91 Å². The fourth-order valence-electron chi connectivity index (χ4n) is 3.22. The molecule has 4 heteroatoms. The second kappa shape index (κ2) is 6.48. The number of hydrogen-bond donors (Lipinski definition) is 2. The molecule has 0 saturated heterocycles. The van der Waals surface area contributed by atoms with Crippen LogP contribution >= 0.6 is 0 Å². The van der Waals surface area contributed by atoms with E-state index >= 15 is 0 Å². The minimum absolute atomic E-state index is 0.193. The highest BCUT2D eigenvalue weighted by Crippen LogP contribution is 2.28. The standard InChI is InChI=1S/C22H19N3O/c1-14-7-5-8-15(2)21(14)23-22(26)20-13-19(24-25-20)18-12-6-10-16-9-3-4-11-17(16)18/h3-13H,1-2H3,(H,23,26)(H,24,25). The first-order chi connectivity index (χ1) is 12.6. The van der Waals surface area contributed by atoms with Crippen molar-refractivity contribution in [3.8, 4) is 11.3 Å². The van der Waals surface area contributed by atoms with Gasteiger partial charge in [0.25, 0.3) is 5.91 Å². The van der Waals surface area contributed by atoms with Gasteiger partial charge in [0.05, 0.1) is 5.69 Å². The first kappa shape index (κ1) is 16.1. The molecule has 0 spiro atoms. The van der Waals surface area contributed by atoms with Gasteiger partial charge in [-0.3, -0.25) is 9.89 Å². The number of aromatic amines is 1. The summed E-state index contributed by atoms with van der Waals surface area (Å²) in [4.78, 5) is 12.6. The summed E-state index contributed by atoms with van der Waals surface area (Å²) in [5.41, 5.74) is 5.12. The number of nitrogens with zero attached hydrogens (tertiary/aromatic N) is 1. The molecule has 0 aliphatic rings. The van der Waals surface area contributed by atoms with Crippen LogP contribution in [0.25, 0.3) is 22.0 Å². The molecule has 0 aliphatic carbocycles. The third kappa shape index (κ3) is 2.86. The molecular formula is C22H19N3O. The van der Waals surface area contributed by atoms with E-state index in [0.29, 0.717) is 5.69 Å². The van der Waals surface area contributed by atoms with Gasteiger partial charge in [0.15, 0.2) is 0 Å².